The molecule has 0 aromatic heterocycles. The number of carboxylic acid groups (broad SMARTS) is 1. The Bertz CT molecular complexity index is 378. The fourth-order valence-electron chi connectivity index (χ4n) is 3.70. The van der Waals surface area contributed by atoms with Crippen LogP contribution in [0.15, 0.2) is 12.2 Å². The van der Waals surface area contributed by atoms with Gasteiger partial charge in [0, 0.05) is 6.42 Å². The van der Waals surface area contributed by atoms with E-state index in [0.29, 0.717) is 0 Å². The molecule has 0 radical (unpaired) electrons. The van der Waals surface area contributed by atoms with E-state index in [9.17, 15) is 4.79 Å². The average Bonchev–Trinajstić information content (AvgIpc) is 3.39. The van der Waals surface area contributed by atoms with Gasteiger partial charge in [0.25, 0.3) is 0 Å². The lowest BCUT2D eigenvalue weighted by atomic mass is 10.0. The quantitative estimate of drug-likeness (QED) is 0.136. The van der Waals surface area contributed by atoms with Gasteiger partial charge < -0.3 is 9.84 Å². The summed E-state index contributed by atoms with van der Waals surface area (Å²) in [6.07, 6.45) is 27.6. The van der Waals surface area contributed by atoms with Crippen molar-refractivity contribution in [1.82, 2.24) is 0 Å². The van der Waals surface area contributed by atoms with Gasteiger partial charge in [-0.1, -0.05) is 103 Å². The highest BCUT2D eigenvalue weighted by atomic mass is 16.6. The number of rotatable bonds is 20. The third-order valence-corrected chi connectivity index (χ3v) is 5.55. The molecule has 0 saturated carbocycles. The van der Waals surface area contributed by atoms with Gasteiger partial charge >= 0.3 is 5.97 Å². The molecule has 0 aliphatic carbocycles. The third kappa shape index (κ3) is 15.9. The predicted molar refractivity (Wildman–Crippen MR) is 114 cm³/mol. The van der Waals surface area contributed by atoms with Gasteiger partial charge in [-0.05, 0) is 25.7 Å². The summed E-state index contributed by atoms with van der Waals surface area (Å²) in [7, 11) is 0. The molecular weight excluding hydrogens is 336 g/mol. The van der Waals surface area contributed by atoms with Crippen LogP contribution in [0.25, 0.3) is 0 Å². The predicted octanol–water partition coefficient (Wildman–Crippen LogP) is 7.44. The fraction of sp³-hybridized carbons (Fsp3) is 0.875. The summed E-state index contributed by atoms with van der Waals surface area (Å²) in [5, 5.41) is 8.62. The number of hydrogen-bond donors (Lipinski definition) is 1. The molecular formula is C24H44O3. The smallest absolute Gasteiger partial charge is 0.303 e. The highest BCUT2D eigenvalue weighted by Gasteiger charge is 2.35. The number of unbranched alkanes of at least 4 members (excludes halogenated alkanes) is 14. The van der Waals surface area contributed by atoms with Crippen molar-refractivity contribution in [2.45, 2.75) is 135 Å². The number of hydrogen-bond acceptors (Lipinski definition) is 2. The van der Waals surface area contributed by atoms with Crippen LogP contribution in [-0.4, -0.2) is 23.3 Å². The molecule has 0 aromatic carbocycles. The lowest BCUT2D eigenvalue weighted by Gasteiger charge is -2.02. The standard InChI is InChI=1S/C24H44O3/c1-2-3-4-5-6-7-8-9-10-11-12-13-14-15-16-17-19-22-23(27-22)20-18-21-24(25)26/h17,19,22-23H,2-16,18,20-21H2,1H3,(H,25,26). The summed E-state index contributed by atoms with van der Waals surface area (Å²) in [5.41, 5.74) is 0. The van der Waals surface area contributed by atoms with Crippen LogP contribution in [0.1, 0.15) is 122 Å². The molecule has 1 rings (SSSR count). The Morgan fingerprint density at radius 2 is 1.33 bits per heavy atom. The number of allylic oxidation sites excluding steroid dienone is 1. The zero-order valence-electron chi connectivity index (χ0n) is 17.8. The SMILES string of the molecule is CCCCCCCCCCCCCCCCC=CC1OC1CCCC(=O)O. The van der Waals surface area contributed by atoms with Gasteiger partial charge in [0.05, 0.1) is 6.10 Å². The Morgan fingerprint density at radius 1 is 0.815 bits per heavy atom. The van der Waals surface area contributed by atoms with E-state index >= 15 is 0 Å². The molecule has 2 atom stereocenters. The van der Waals surface area contributed by atoms with Crippen LogP contribution >= 0.6 is 0 Å². The van der Waals surface area contributed by atoms with Gasteiger partial charge in [-0.2, -0.15) is 0 Å². The highest BCUT2D eigenvalue weighted by Crippen LogP contribution is 2.28. The van der Waals surface area contributed by atoms with Crippen molar-refractivity contribution in [3.8, 4) is 0 Å². The van der Waals surface area contributed by atoms with Gasteiger partial charge in [0.2, 0.25) is 0 Å². The summed E-state index contributed by atoms with van der Waals surface area (Å²) >= 11 is 0. The monoisotopic (exact) mass is 380 g/mol. The molecule has 0 spiro atoms. The largest absolute Gasteiger partial charge is 0.481 e. The molecule has 1 heterocycles. The average molecular weight is 381 g/mol. The van der Waals surface area contributed by atoms with Crippen molar-refractivity contribution in [1.29, 1.82) is 0 Å². The van der Waals surface area contributed by atoms with Crippen LogP contribution < -0.4 is 0 Å². The Morgan fingerprint density at radius 3 is 1.85 bits per heavy atom. The van der Waals surface area contributed by atoms with E-state index in [4.69, 9.17) is 9.84 Å². The van der Waals surface area contributed by atoms with Crippen molar-refractivity contribution in [3.63, 3.8) is 0 Å². The summed E-state index contributed by atoms with van der Waals surface area (Å²) < 4.78 is 5.54. The van der Waals surface area contributed by atoms with E-state index in [1.807, 2.05) is 0 Å². The molecule has 1 saturated heterocycles. The summed E-state index contributed by atoms with van der Waals surface area (Å²) in [5.74, 6) is -0.708. The number of ether oxygens (including phenoxy) is 1. The van der Waals surface area contributed by atoms with E-state index in [2.05, 4.69) is 19.1 Å². The number of aliphatic carboxylic acids is 1. The first-order chi connectivity index (χ1) is 13.2. The first kappa shape index (κ1) is 24.2. The molecule has 27 heavy (non-hydrogen) atoms. The second kappa shape index (κ2) is 17.3. The van der Waals surface area contributed by atoms with Crippen molar-refractivity contribution in [3.05, 3.63) is 12.2 Å². The first-order valence-electron chi connectivity index (χ1n) is 11.8. The van der Waals surface area contributed by atoms with Gasteiger partial charge in [-0.15, -0.1) is 0 Å². The topological polar surface area (TPSA) is 49.8 Å². The second-order valence-electron chi connectivity index (χ2n) is 8.24. The van der Waals surface area contributed by atoms with Crippen LogP contribution in [0.5, 0.6) is 0 Å². The Kier molecular flexibility index (Phi) is 15.5. The minimum absolute atomic E-state index is 0.255. The zero-order valence-corrected chi connectivity index (χ0v) is 17.8. The van der Waals surface area contributed by atoms with E-state index in [-0.39, 0.29) is 18.6 Å². The van der Waals surface area contributed by atoms with Crippen LogP contribution in [0.2, 0.25) is 0 Å². The Hall–Kier alpha value is -0.830. The van der Waals surface area contributed by atoms with Crippen molar-refractivity contribution >= 4 is 5.97 Å². The lowest BCUT2D eigenvalue weighted by molar-refractivity contribution is -0.137. The maximum atomic E-state index is 10.5. The van der Waals surface area contributed by atoms with Crippen molar-refractivity contribution in [2.24, 2.45) is 0 Å². The van der Waals surface area contributed by atoms with Gasteiger partial charge in [0.15, 0.2) is 0 Å². The van der Waals surface area contributed by atoms with Gasteiger partial charge in [0.1, 0.15) is 6.10 Å². The normalized spacial score (nSPS) is 19.0. The van der Waals surface area contributed by atoms with Crippen molar-refractivity contribution in [2.75, 3.05) is 0 Å². The van der Waals surface area contributed by atoms with Gasteiger partial charge in [-0.25, -0.2) is 0 Å². The Balaban J connectivity index is 1.73. The Labute approximate surface area is 168 Å². The molecule has 2 unspecified atom stereocenters. The molecule has 1 aliphatic heterocycles. The maximum Gasteiger partial charge on any atom is 0.303 e. The molecule has 0 amide bonds. The number of carbonyl (C=O) groups is 1. The summed E-state index contributed by atoms with van der Waals surface area (Å²) in [6.45, 7) is 2.28. The van der Waals surface area contributed by atoms with Crippen LogP contribution in [0.4, 0.5) is 0 Å². The van der Waals surface area contributed by atoms with Gasteiger partial charge in [-0.3, -0.25) is 4.79 Å². The fourth-order valence-corrected chi connectivity index (χ4v) is 3.70. The summed E-state index contributed by atoms with van der Waals surface area (Å²) in [4.78, 5) is 10.5. The molecule has 3 nitrogen and oxygen atoms in total. The maximum absolute atomic E-state index is 10.5. The minimum Gasteiger partial charge on any atom is -0.481 e. The molecule has 1 aliphatic rings. The van der Waals surface area contributed by atoms with E-state index in [0.717, 1.165) is 19.3 Å². The molecule has 158 valence electrons. The van der Waals surface area contributed by atoms with Crippen LogP contribution in [0.3, 0.4) is 0 Å². The second-order valence-corrected chi connectivity index (χ2v) is 8.24. The number of carboxylic acids is 1. The molecule has 0 aromatic rings. The molecule has 3 heteroatoms. The highest BCUT2D eigenvalue weighted by molar-refractivity contribution is 5.66. The van der Waals surface area contributed by atoms with E-state index in [1.165, 1.54) is 89.9 Å². The molecule has 1 fully saturated rings. The van der Waals surface area contributed by atoms with E-state index in [1.54, 1.807) is 0 Å². The minimum atomic E-state index is -0.708. The third-order valence-electron chi connectivity index (χ3n) is 5.55. The lowest BCUT2D eigenvalue weighted by Crippen LogP contribution is -1.97. The first-order valence-corrected chi connectivity index (χ1v) is 11.8. The van der Waals surface area contributed by atoms with Crippen molar-refractivity contribution < 1.29 is 14.6 Å². The zero-order chi connectivity index (χ0) is 19.6. The summed E-state index contributed by atoms with van der Waals surface area (Å²) in [6, 6.07) is 0. The number of epoxide rings is 1. The molecule has 1 N–H and O–H groups in total. The van der Waals surface area contributed by atoms with Crippen LogP contribution in [-0.2, 0) is 9.53 Å². The van der Waals surface area contributed by atoms with E-state index < -0.39 is 5.97 Å². The molecule has 0 bridgehead atoms. The van der Waals surface area contributed by atoms with Crippen LogP contribution in [0, 0.1) is 0 Å².